The number of aliphatic hydroxyl groups is 1. The molecule has 18 heavy (non-hydrogen) atoms. The van der Waals surface area contributed by atoms with Gasteiger partial charge in [-0.05, 0) is 5.56 Å². The van der Waals surface area contributed by atoms with Gasteiger partial charge in [0.1, 0.15) is 0 Å². The summed E-state index contributed by atoms with van der Waals surface area (Å²) in [6.07, 6.45) is 3.62. The molecule has 92 valence electrons. The summed E-state index contributed by atoms with van der Waals surface area (Å²) in [5.41, 5.74) is 3.78. The zero-order valence-corrected chi connectivity index (χ0v) is 10.7. The van der Waals surface area contributed by atoms with Crippen LogP contribution in [-0.4, -0.2) is 32.3 Å². The number of aromatic nitrogens is 2. The first kappa shape index (κ1) is 10.6. The van der Waals surface area contributed by atoms with Crippen molar-refractivity contribution in [3.63, 3.8) is 0 Å². The second-order valence-corrected chi connectivity index (χ2v) is 6.06. The minimum atomic E-state index is -0.207. The number of hydrogen-bond acceptors (Lipinski definition) is 3. The summed E-state index contributed by atoms with van der Waals surface area (Å²) in [7, 11) is 0. The molecule has 4 heteroatoms. The molecule has 0 amide bonds. The van der Waals surface area contributed by atoms with Crippen LogP contribution >= 0.6 is 11.8 Å². The fourth-order valence-corrected chi connectivity index (χ4v) is 4.47. The fourth-order valence-electron chi connectivity index (χ4n) is 3.17. The average Bonchev–Trinajstić information content (AvgIpc) is 3.05. The Morgan fingerprint density at radius 1 is 1.28 bits per heavy atom. The SMILES string of the molecule is O[C@H]1CSC[C@@H]1[C@H]1c2ccccc2-c2cncn21. The number of rotatable bonds is 1. The molecule has 0 aliphatic carbocycles. The molecule has 3 nitrogen and oxygen atoms in total. The summed E-state index contributed by atoms with van der Waals surface area (Å²) in [6.45, 7) is 0. The van der Waals surface area contributed by atoms with Crippen LogP contribution in [0.3, 0.4) is 0 Å². The van der Waals surface area contributed by atoms with E-state index in [1.165, 1.54) is 16.8 Å². The van der Waals surface area contributed by atoms with Gasteiger partial charge in [-0.15, -0.1) is 0 Å². The van der Waals surface area contributed by atoms with E-state index in [0.29, 0.717) is 5.92 Å². The molecule has 2 aliphatic rings. The highest BCUT2D eigenvalue weighted by atomic mass is 32.2. The predicted octanol–water partition coefficient (Wildman–Crippen LogP) is 2.18. The Balaban J connectivity index is 1.89. The molecule has 4 rings (SSSR count). The van der Waals surface area contributed by atoms with Gasteiger partial charge in [0.2, 0.25) is 0 Å². The molecule has 3 heterocycles. The van der Waals surface area contributed by atoms with E-state index in [1.54, 1.807) is 0 Å². The van der Waals surface area contributed by atoms with Gasteiger partial charge >= 0.3 is 0 Å². The molecule has 0 saturated carbocycles. The summed E-state index contributed by atoms with van der Waals surface area (Å²) in [4.78, 5) is 4.26. The van der Waals surface area contributed by atoms with Crippen molar-refractivity contribution in [2.45, 2.75) is 12.1 Å². The standard InChI is InChI=1S/C14H14N2OS/c17-13-7-18-6-11(13)14-10-4-2-1-3-9(10)12-5-15-8-16(12)14/h1-5,8,11,13-14,17H,6-7H2/t11-,13-,14+/m0/s1. The lowest BCUT2D eigenvalue weighted by Gasteiger charge is -2.24. The Labute approximate surface area is 110 Å². The van der Waals surface area contributed by atoms with Crippen LogP contribution in [0.5, 0.6) is 0 Å². The highest BCUT2D eigenvalue weighted by molar-refractivity contribution is 7.99. The van der Waals surface area contributed by atoms with Gasteiger partial charge in [-0.25, -0.2) is 4.98 Å². The van der Waals surface area contributed by atoms with E-state index in [9.17, 15) is 5.11 Å². The molecule has 2 aliphatic heterocycles. The van der Waals surface area contributed by atoms with Gasteiger partial charge in [-0.1, -0.05) is 24.3 Å². The number of nitrogens with zero attached hydrogens (tertiary/aromatic N) is 2. The van der Waals surface area contributed by atoms with E-state index in [-0.39, 0.29) is 12.1 Å². The van der Waals surface area contributed by atoms with Crippen LogP contribution in [-0.2, 0) is 0 Å². The van der Waals surface area contributed by atoms with Crippen LogP contribution < -0.4 is 0 Å². The van der Waals surface area contributed by atoms with Crippen LogP contribution in [0.1, 0.15) is 11.6 Å². The molecular weight excluding hydrogens is 244 g/mol. The van der Waals surface area contributed by atoms with E-state index >= 15 is 0 Å². The third-order valence-electron chi connectivity index (χ3n) is 4.02. The zero-order valence-electron chi connectivity index (χ0n) is 9.86. The minimum absolute atomic E-state index is 0.207. The van der Waals surface area contributed by atoms with Gasteiger partial charge in [0.05, 0.1) is 30.4 Å². The third kappa shape index (κ3) is 1.33. The molecule has 0 spiro atoms. The molecular formula is C14H14N2OS. The van der Waals surface area contributed by atoms with Crippen LogP contribution in [0.15, 0.2) is 36.8 Å². The number of imidazole rings is 1. The monoisotopic (exact) mass is 258 g/mol. The van der Waals surface area contributed by atoms with Crippen LogP contribution in [0, 0.1) is 5.92 Å². The fraction of sp³-hybridized carbons (Fsp3) is 0.357. The predicted molar refractivity (Wildman–Crippen MR) is 72.6 cm³/mol. The van der Waals surface area contributed by atoms with E-state index in [0.717, 1.165) is 11.5 Å². The number of fused-ring (bicyclic) bond motifs is 3. The Hall–Kier alpha value is -1.26. The molecule has 1 N–H and O–H groups in total. The van der Waals surface area contributed by atoms with Gasteiger partial charge in [0, 0.05) is 23.0 Å². The first-order chi connectivity index (χ1) is 8.86. The Morgan fingerprint density at radius 3 is 3.00 bits per heavy atom. The van der Waals surface area contributed by atoms with Crippen molar-refractivity contribution >= 4 is 11.8 Å². The van der Waals surface area contributed by atoms with Gasteiger partial charge in [-0.3, -0.25) is 0 Å². The van der Waals surface area contributed by atoms with Crippen molar-refractivity contribution in [2.24, 2.45) is 5.92 Å². The van der Waals surface area contributed by atoms with Crippen molar-refractivity contribution in [1.82, 2.24) is 9.55 Å². The normalized spacial score (nSPS) is 29.3. The number of thioether (sulfide) groups is 1. The smallest absolute Gasteiger partial charge is 0.0956 e. The van der Waals surface area contributed by atoms with Crippen molar-refractivity contribution < 1.29 is 5.11 Å². The molecule has 0 unspecified atom stereocenters. The highest BCUT2D eigenvalue weighted by Gasteiger charge is 2.40. The summed E-state index contributed by atoms with van der Waals surface area (Å²) in [5, 5.41) is 10.2. The molecule has 1 aromatic carbocycles. The Morgan fingerprint density at radius 2 is 2.17 bits per heavy atom. The lowest BCUT2D eigenvalue weighted by molar-refractivity contribution is 0.128. The lowest BCUT2D eigenvalue weighted by atomic mass is 9.90. The topological polar surface area (TPSA) is 38.1 Å². The first-order valence-corrected chi connectivity index (χ1v) is 7.38. The molecule has 1 saturated heterocycles. The second-order valence-electron chi connectivity index (χ2n) is 4.99. The quantitative estimate of drug-likeness (QED) is 0.852. The van der Waals surface area contributed by atoms with Crippen LogP contribution in [0.25, 0.3) is 11.3 Å². The molecule has 0 bridgehead atoms. The van der Waals surface area contributed by atoms with E-state index < -0.39 is 0 Å². The first-order valence-electron chi connectivity index (χ1n) is 6.23. The van der Waals surface area contributed by atoms with Crippen LogP contribution in [0.4, 0.5) is 0 Å². The Kier molecular flexibility index (Phi) is 2.29. The van der Waals surface area contributed by atoms with Crippen LogP contribution in [0.2, 0.25) is 0 Å². The van der Waals surface area contributed by atoms with Gasteiger partial charge < -0.3 is 9.67 Å². The third-order valence-corrected chi connectivity index (χ3v) is 5.22. The maximum atomic E-state index is 10.2. The number of aliphatic hydroxyl groups excluding tert-OH is 1. The lowest BCUT2D eigenvalue weighted by Crippen LogP contribution is -2.27. The molecule has 1 fully saturated rings. The molecule has 1 aromatic heterocycles. The zero-order chi connectivity index (χ0) is 12.1. The summed E-state index contributed by atoms with van der Waals surface area (Å²) < 4.78 is 2.23. The molecule has 0 radical (unpaired) electrons. The summed E-state index contributed by atoms with van der Waals surface area (Å²) in [6, 6.07) is 8.74. The van der Waals surface area contributed by atoms with Crippen molar-refractivity contribution in [2.75, 3.05) is 11.5 Å². The highest BCUT2D eigenvalue weighted by Crippen LogP contribution is 2.46. The largest absolute Gasteiger partial charge is 0.392 e. The molecule has 3 atom stereocenters. The van der Waals surface area contributed by atoms with Gasteiger partial charge in [0.25, 0.3) is 0 Å². The summed E-state index contributed by atoms with van der Waals surface area (Å²) >= 11 is 1.85. The number of benzene rings is 1. The van der Waals surface area contributed by atoms with Gasteiger partial charge in [-0.2, -0.15) is 11.8 Å². The second kappa shape index (κ2) is 3.87. The van der Waals surface area contributed by atoms with E-state index in [1.807, 2.05) is 24.3 Å². The average molecular weight is 258 g/mol. The van der Waals surface area contributed by atoms with E-state index in [4.69, 9.17) is 0 Å². The molecule has 2 aromatic rings. The van der Waals surface area contributed by atoms with E-state index in [2.05, 4.69) is 33.8 Å². The van der Waals surface area contributed by atoms with Gasteiger partial charge in [0.15, 0.2) is 0 Å². The number of hydrogen-bond donors (Lipinski definition) is 1. The Bertz CT molecular complexity index is 595. The maximum Gasteiger partial charge on any atom is 0.0956 e. The van der Waals surface area contributed by atoms with Crippen molar-refractivity contribution in [3.05, 3.63) is 42.4 Å². The maximum absolute atomic E-state index is 10.2. The summed E-state index contributed by atoms with van der Waals surface area (Å²) in [5.74, 6) is 2.18. The van der Waals surface area contributed by atoms with Crippen molar-refractivity contribution in [1.29, 1.82) is 0 Å². The minimum Gasteiger partial charge on any atom is -0.392 e. The van der Waals surface area contributed by atoms with Crippen molar-refractivity contribution in [3.8, 4) is 11.3 Å².